The molecule has 2 N–H and O–H groups in total. The van der Waals surface area contributed by atoms with Crippen LogP contribution in [0.5, 0.6) is 0 Å². The average molecular weight is 410 g/mol. The molecule has 6 nitrogen and oxygen atoms in total. The minimum atomic E-state index is -1.02. The van der Waals surface area contributed by atoms with E-state index in [1.807, 2.05) is 43.3 Å². The fourth-order valence-corrected chi connectivity index (χ4v) is 4.69. The van der Waals surface area contributed by atoms with Gasteiger partial charge in [-0.3, -0.25) is 14.5 Å². The van der Waals surface area contributed by atoms with E-state index < -0.39 is 11.6 Å². The summed E-state index contributed by atoms with van der Waals surface area (Å²) in [6.45, 7) is 2.25. The standard InChI is InChI=1S/C22H23N3O3S/c1-15-6-8-17(9-7-15)29-13-12-23-19(26)14-25-20(27)22(24-21(25)28)11-10-16-4-2-3-5-18(16)22/h2-9H,10-14H2,1H3,(H,23,26)(H,24,28)/t22-/m1/s1. The van der Waals surface area contributed by atoms with Gasteiger partial charge in [-0.1, -0.05) is 42.0 Å². The van der Waals surface area contributed by atoms with E-state index in [0.29, 0.717) is 18.7 Å². The van der Waals surface area contributed by atoms with Gasteiger partial charge in [-0.05, 0) is 43.0 Å². The molecule has 0 aromatic heterocycles. The van der Waals surface area contributed by atoms with E-state index in [1.54, 1.807) is 11.8 Å². The second kappa shape index (κ2) is 7.91. The molecular weight excluding hydrogens is 386 g/mol. The normalized spacial score (nSPS) is 20.1. The van der Waals surface area contributed by atoms with E-state index in [4.69, 9.17) is 0 Å². The number of hydrogen-bond acceptors (Lipinski definition) is 4. The number of fused-ring (bicyclic) bond motifs is 2. The molecular formula is C22H23N3O3S. The molecule has 4 amide bonds. The Hall–Kier alpha value is -2.80. The van der Waals surface area contributed by atoms with Gasteiger partial charge < -0.3 is 10.6 Å². The topological polar surface area (TPSA) is 78.5 Å². The third kappa shape index (κ3) is 3.74. The fourth-order valence-electron chi connectivity index (χ4n) is 3.93. The zero-order valence-corrected chi connectivity index (χ0v) is 17.1. The Morgan fingerprint density at radius 3 is 2.72 bits per heavy atom. The number of thioether (sulfide) groups is 1. The number of hydrogen-bond donors (Lipinski definition) is 2. The lowest BCUT2D eigenvalue weighted by Crippen LogP contribution is -2.44. The molecule has 1 aliphatic heterocycles. The van der Waals surface area contributed by atoms with E-state index in [-0.39, 0.29) is 18.4 Å². The van der Waals surface area contributed by atoms with Gasteiger partial charge in [-0.15, -0.1) is 11.8 Å². The van der Waals surface area contributed by atoms with Crippen LogP contribution < -0.4 is 10.6 Å². The fraction of sp³-hybridized carbons (Fsp3) is 0.318. The minimum absolute atomic E-state index is 0.260. The lowest BCUT2D eigenvalue weighted by molar-refractivity contribution is -0.135. The van der Waals surface area contributed by atoms with Gasteiger partial charge >= 0.3 is 6.03 Å². The Bertz CT molecular complexity index is 960. The van der Waals surface area contributed by atoms with E-state index in [1.165, 1.54) is 5.56 Å². The van der Waals surface area contributed by atoms with Crippen LogP contribution in [0.15, 0.2) is 53.4 Å². The monoisotopic (exact) mass is 409 g/mol. The molecule has 7 heteroatoms. The van der Waals surface area contributed by atoms with Gasteiger partial charge in [0, 0.05) is 17.2 Å². The first-order valence-corrected chi connectivity index (χ1v) is 10.7. The summed E-state index contributed by atoms with van der Waals surface area (Å²) >= 11 is 1.65. The number of nitrogens with zero attached hydrogens (tertiary/aromatic N) is 1. The number of carbonyl (C=O) groups excluding carboxylic acids is 3. The number of carbonyl (C=O) groups is 3. The molecule has 0 bridgehead atoms. The van der Waals surface area contributed by atoms with Crippen LogP contribution in [-0.4, -0.2) is 41.6 Å². The Labute approximate surface area is 174 Å². The van der Waals surface area contributed by atoms with Gasteiger partial charge in [-0.2, -0.15) is 0 Å². The second-order valence-electron chi connectivity index (χ2n) is 7.40. The van der Waals surface area contributed by atoms with E-state index in [0.717, 1.165) is 27.3 Å². The van der Waals surface area contributed by atoms with Crippen molar-refractivity contribution < 1.29 is 14.4 Å². The van der Waals surface area contributed by atoms with Gasteiger partial charge in [0.05, 0.1) is 0 Å². The van der Waals surface area contributed by atoms with Crippen LogP contribution in [-0.2, 0) is 21.5 Å². The second-order valence-corrected chi connectivity index (χ2v) is 8.56. The molecule has 29 heavy (non-hydrogen) atoms. The predicted molar refractivity (Wildman–Crippen MR) is 112 cm³/mol. The van der Waals surface area contributed by atoms with Gasteiger partial charge in [0.15, 0.2) is 0 Å². The first kappa shape index (κ1) is 19.5. The van der Waals surface area contributed by atoms with Gasteiger partial charge in [-0.25, -0.2) is 4.79 Å². The van der Waals surface area contributed by atoms with Crippen molar-refractivity contribution >= 4 is 29.6 Å². The molecule has 2 aromatic rings. The van der Waals surface area contributed by atoms with Crippen molar-refractivity contribution in [1.82, 2.24) is 15.5 Å². The molecule has 0 radical (unpaired) electrons. The summed E-state index contributed by atoms with van der Waals surface area (Å²) in [5.74, 6) is 0.0460. The van der Waals surface area contributed by atoms with Crippen molar-refractivity contribution in [3.63, 3.8) is 0 Å². The summed E-state index contributed by atoms with van der Waals surface area (Å²) in [5, 5.41) is 5.63. The number of nitrogens with one attached hydrogen (secondary N) is 2. The summed E-state index contributed by atoms with van der Waals surface area (Å²) in [5.41, 5.74) is 2.10. The number of imide groups is 1. The molecule has 1 aliphatic carbocycles. The summed E-state index contributed by atoms with van der Waals surface area (Å²) in [6.07, 6.45) is 1.26. The molecule has 0 unspecified atom stereocenters. The zero-order valence-electron chi connectivity index (χ0n) is 16.2. The zero-order chi connectivity index (χ0) is 20.4. The highest BCUT2D eigenvalue weighted by Crippen LogP contribution is 2.41. The molecule has 1 spiro atoms. The maximum absolute atomic E-state index is 13.0. The van der Waals surface area contributed by atoms with Crippen molar-refractivity contribution in [3.8, 4) is 0 Å². The molecule has 4 rings (SSSR count). The molecule has 2 aromatic carbocycles. The maximum atomic E-state index is 13.0. The van der Waals surface area contributed by atoms with Crippen molar-refractivity contribution in [2.45, 2.75) is 30.2 Å². The number of rotatable bonds is 6. The lowest BCUT2D eigenvalue weighted by atomic mass is 9.92. The number of amides is 4. The van der Waals surface area contributed by atoms with Gasteiger partial charge in [0.2, 0.25) is 5.91 Å². The highest BCUT2D eigenvalue weighted by atomic mass is 32.2. The number of benzene rings is 2. The van der Waals surface area contributed by atoms with Crippen LogP contribution in [0.3, 0.4) is 0 Å². The van der Waals surface area contributed by atoms with Crippen LogP contribution in [0.2, 0.25) is 0 Å². The number of aryl methyl sites for hydroxylation is 2. The molecule has 1 fully saturated rings. The summed E-state index contributed by atoms with van der Waals surface area (Å²) < 4.78 is 0. The molecule has 1 saturated heterocycles. The Morgan fingerprint density at radius 2 is 1.93 bits per heavy atom. The van der Waals surface area contributed by atoms with Gasteiger partial charge in [0.1, 0.15) is 12.1 Å². The molecule has 1 atom stereocenters. The quantitative estimate of drug-likeness (QED) is 0.437. The van der Waals surface area contributed by atoms with E-state index in [9.17, 15) is 14.4 Å². The Balaban J connectivity index is 1.31. The van der Waals surface area contributed by atoms with Crippen molar-refractivity contribution in [2.24, 2.45) is 0 Å². The van der Waals surface area contributed by atoms with Crippen LogP contribution in [0.25, 0.3) is 0 Å². The smallest absolute Gasteiger partial charge is 0.325 e. The third-order valence-electron chi connectivity index (χ3n) is 5.44. The van der Waals surface area contributed by atoms with Crippen molar-refractivity contribution in [2.75, 3.05) is 18.8 Å². The Kier molecular flexibility index (Phi) is 5.32. The molecule has 1 heterocycles. The van der Waals surface area contributed by atoms with Crippen molar-refractivity contribution in [1.29, 1.82) is 0 Å². The lowest BCUT2D eigenvalue weighted by Gasteiger charge is -2.22. The minimum Gasteiger partial charge on any atom is -0.354 e. The molecule has 2 aliphatic rings. The average Bonchev–Trinajstić information content (AvgIpc) is 3.20. The predicted octanol–water partition coefficient (Wildman–Crippen LogP) is 2.60. The van der Waals surface area contributed by atoms with Crippen LogP contribution in [0, 0.1) is 6.92 Å². The maximum Gasteiger partial charge on any atom is 0.325 e. The first-order chi connectivity index (χ1) is 14.0. The summed E-state index contributed by atoms with van der Waals surface area (Å²) in [4.78, 5) is 40.0. The summed E-state index contributed by atoms with van der Waals surface area (Å²) in [7, 11) is 0. The first-order valence-electron chi connectivity index (χ1n) is 9.68. The van der Waals surface area contributed by atoms with E-state index in [2.05, 4.69) is 22.8 Å². The highest BCUT2D eigenvalue weighted by Gasteiger charge is 2.55. The molecule has 0 saturated carbocycles. The van der Waals surface area contributed by atoms with Crippen LogP contribution >= 0.6 is 11.8 Å². The third-order valence-corrected chi connectivity index (χ3v) is 6.45. The number of urea groups is 1. The SMILES string of the molecule is Cc1ccc(SCCNC(=O)CN2C(=O)N[C@@]3(CCc4ccccc43)C2=O)cc1. The highest BCUT2D eigenvalue weighted by molar-refractivity contribution is 7.99. The van der Waals surface area contributed by atoms with Crippen LogP contribution in [0.1, 0.15) is 23.1 Å². The Morgan fingerprint density at radius 1 is 1.17 bits per heavy atom. The molecule has 150 valence electrons. The largest absolute Gasteiger partial charge is 0.354 e. The van der Waals surface area contributed by atoms with Crippen LogP contribution in [0.4, 0.5) is 4.79 Å². The van der Waals surface area contributed by atoms with Crippen molar-refractivity contribution in [3.05, 3.63) is 65.2 Å². The van der Waals surface area contributed by atoms with E-state index >= 15 is 0 Å². The summed E-state index contributed by atoms with van der Waals surface area (Å²) in [6, 6.07) is 15.4. The van der Waals surface area contributed by atoms with Gasteiger partial charge in [0.25, 0.3) is 5.91 Å².